The molecule has 8 heavy (non-hydrogen) atoms. The Morgan fingerprint density at radius 2 is 2.25 bits per heavy atom. The third-order valence-electron chi connectivity index (χ3n) is 1.15. The minimum Gasteiger partial charge on any atom is -0.289 e. The van der Waals surface area contributed by atoms with Gasteiger partial charge in [-0.25, -0.2) is 0 Å². The van der Waals surface area contributed by atoms with Crippen LogP contribution in [-0.4, -0.2) is 23.6 Å². The molecule has 0 amide bonds. The van der Waals surface area contributed by atoms with Gasteiger partial charge in [0, 0.05) is 0 Å². The molecular weight excluding hydrogens is 106 g/mol. The Labute approximate surface area is 49.8 Å². The quantitative estimate of drug-likeness (QED) is 0.563. The molecule has 1 atom stereocenters. The normalized spacial score (nSPS) is 14.6. The first-order valence-corrected chi connectivity index (χ1v) is 2.74. The van der Waals surface area contributed by atoms with Gasteiger partial charge in [0.25, 0.3) is 0 Å². The molecule has 0 rings (SSSR count). The third-order valence-corrected chi connectivity index (χ3v) is 1.15. The van der Waals surface area contributed by atoms with E-state index in [4.69, 9.17) is 5.21 Å². The molecule has 0 saturated carbocycles. The summed E-state index contributed by atoms with van der Waals surface area (Å²) in [5, 5.41) is 9.58. The maximum atomic E-state index is 8.74. The molecule has 0 aromatic carbocycles. The van der Waals surface area contributed by atoms with Gasteiger partial charge >= 0.3 is 0 Å². The zero-order valence-electron chi connectivity index (χ0n) is 5.59. The molecule has 0 aromatic heterocycles. The molecule has 0 aliphatic rings. The summed E-state index contributed by atoms with van der Waals surface area (Å²) in [6, 6.07) is 0.0833. The predicted molar refractivity (Wildman–Crippen MR) is 30.4 cm³/mol. The number of hydrogen-bond donors (Lipinski definition) is 1. The molecule has 0 radical (unpaired) electrons. The number of nitrogens with zero attached hydrogens (tertiary/aromatic N) is 1. The standard InChI is InChI=1S/C5H13NO2/c1-4-5(2)6(7)8-3/h5,7H,4H2,1-3H3. The van der Waals surface area contributed by atoms with Crippen molar-refractivity contribution < 1.29 is 10.0 Å². The van der Waals surface area contributed by atoms with Crippen LogP contribution in [0.3, 0.4) is 0 Å². The van der Waals surface area contributed by atoms with Gasteiger partial charge in [-0.3, -0.25) is 10.0 Å². The average Bonchev–Trinajstić information content (AvgIpc) is 1.84. The van der Waals surface area contributed by atoms with E-state index in [0.717, 1.165) is 11.6 Å². The van der Waals surface area contributed by atoms with E-state index in [-0.39, 0.29) is 6.04 Å². The monoisotopic (exact) mass is 119 g/mol. The Balaban J connectivity index is 3.29. The second-order valence-electron chi connectivity index (χ2n) is 1.74. The molecule has 0 saturated heterocycles. The van der Waals surface area contributed by atoms with Crippen molar-refractivity contribution in [2.45, 2.75) is 26.3 Å². The fourth-order valence-corrected chi connectivity index (χ4v) is 0.336. The molecule has 1 N–H and O–H groups in total. The third kappa shape index (κ3) is 2.26. The van der Waals surface area contributed by atoms with E-state index in [1.165, 1.54) is 7.11 Å². The van der Waals surface area contributed by atoms with E-state index in [1.54, 1.807) is 0 Å². The van der Waals surface area contributed by atoms with Crippen LogP contribution in [0.15, 0.2) is 0 Å². The van der Waals surface area contributed by atoms with Gasteiger partial charge in [-0.2, -0.15) is 0 Å². The fraction of sp³-hybridized carbons (Fsp3) is 1.00. The first-order chi connectivity index (χ1) is 3.72. The Kier molecular flexibility index (Phi) is 3.77. The summed E-state index contributed by atoms with van der Waals surface area (Å²) in [4.78, 5) is 4.49. The van der Waals surface area contributed by atoms with Crippen LogP contribution in [0.1, 0.15) is 20.3 Å². The summed E-state index contributed by atoms with van der Waals surface area (Å²) in [5.74, 6) is 0. The summed E-state index contributed by atoms with van der Waals surface area (Å²) in [7, 11) is 1.44. The minimum absolute atomic E-state index is 0.0833. The lowest BCUT2D eigenvalue weighted by atomic mass is 10.3. The van der Waals surface area contributed by atoms with Gasteiger partial charge in [-0.1, -0.05) is 12.2 Å². The van der Waals surface area contributed by atoms with Crippen molar-refractivity contribution in [2.75, 3.05) is 7.11 Å². The largest absolute Gasteiger partial charge is 0.289 e. The van der Waals surface area contributed by atoms with Gasteiger partial charge in [0.1, 0.15) is 0 Å². The molecule has 1 unspecified atom stereocenters. The number of rotatable bonds is 3. The van der Waals surface area contributed by atoms with Gasteiger partial charge < -0.3 is 0 Å². The SMILES string of the molecule is CCC(C)N(O)OC. The Hall–Kier alpha value is -0.120. The second-order valence-corrected chi connectivity index (χ2v) is 1.74. The van der Waals surface area contributed by atoms with Gasteiger partial charge in [0.15, 0.2) is 0 Å². The van der Waals surface area contributed by atoms with Crippen LogP contribution in [0.4, 0.5) is 0 Å². The molecule has 0 aromatic rings. The van der Waals surface area contributed by atoms with Crippen LogP contribution in [0, 0.1) is 0 Å². The smallest absolute Gasteiger partial charge is 0.0601 e. The van der Waals surface area contributed by atoms with Crippen LogP contribution in [0.5, 0.6) is 0 Å². The van der Waals surface area contributed by atoms with Crippen molar-refractivity contribution in [3.63, 3.8) is 0 Å². The molecule has 0 fully saturated rings. The van der Waals surface area contributed by atoms with E-state index in [0.29, 0.717) is 0 Å². The van der Waals surface area contributed by atoms with E-state index >= 15 is 0 Å². The predicted octanol–water partition coefficient (Wildman–Crippen LogP) is 1.04. The van der Waals surface area contributed by atoms with E-state index in [2.05, 4.69) is 4.84 Å². The van der Waals surface area contributed by atoms with Crippen LogP contribution in [-0.2, 0) is 4.84 Å². The van der Waals surface area contributed by atoms with Crippen molar-refractivity contribution >= 4 is 0 Å². The van der Waals surface area contributed by atoms with Crippen molar-refractivity contribution in [1.82, 2.24) is 5.23 Å². The van der Waals surface area contributed by atoms with E-state index in [9.17, 15) is 0 Å². The highest BCUT2D eigenvalue weighted by molar-refractivity contribution is 4.45. The zero-order chi connectivity index (χ0) is 6.57. The van der Waals surface area contributed by atoms with Gasteiger partial charge in [0.05, 0.1) is 13.2 Å². The first kappa shape index (κ1) is 7.88. The highest BCUT2D eigenvalue weighted by Gasteiger charge is 2.05. The summed E-state index contributed by atoms with van der Waals surface area (Å²) in [6.45, 7) is 3.86. The molecule has 50 valence electrons. The first-order valence-electron chi connectivity index (χ1n) is 2.74. The Morgan fingerprint density at radius 3 is 2.38 bits per heavy atom. The fourth-order valence-electron chi connectivity index (χ4n) is 0.336. The summed E-state index contributed by atoms with van der Waals surface area (Å²) in [5.41, 5.74) is 0. The molecule has 0 heterocycles. The minimum atomic E-state index is 0.0833. The number of hydrogen-bond acceptors (Lipinski definition) is 3. The van der Waals surface area contributed by atoms with Crippen LogP contribution >= 0.6 is 0 Å². The second kappa shape index (κ2) is 3.83. The van der Waals surface area contributed by atoms with Crippen molar-refractivity contribution in [2.24, 2.45) is 0 Å². The van der Waals surface area contributed by atoms with E-state index in [1.807, 2.05) is 13.8 Å². The molecule has 3 heteroatoms. The highest BCUT2D eigenvalue weighted by Crippen LogP contribution is 1.97. The van der Waals surface area contributed by atoms with E-state index < -0.39 is 0 Å². The Bertz CT molecular complexity index is 50.4. The lowest BCUT2D eigenvalue weighted by Crippen LogP contribution is -2.27. The maximum Gasteiger partial charge on any atom is 0.0601 e. The van der Waals surface area contributed by atoms with Crippen molar-refractivity contribution in [3.8, 4) is 0 Å². The maximum absolute atomic E-state index is 8.74. The van der Waals surface area contributed by atoms with Crippen molar-refractivity contribution in [3.05, 3.63) is 0 Å². The topological polar surface area (TPSA) is 32.7 Å². The van der Waals surface area contributed by atoms with Crippen molar-refractivity contribution in [1.29, 1.82) is 0 Å². The summed E-state index contributed by atoms with van der Waals surface area (Å²) in [6.07, 6.45) is 0.879. The van der Waals surface area contributed by atoms with Crippen LogP contribution in [0.2, 0.25) is 0 Å². The Morgan fingerprint density at radius 1 is 1.75 bits per heavy atom. The van der Waals surface area contributed by atoms with Gasteiger partial charge in [0.2, 0.25) is 0 Å². The zero-order valence-corrected chi connectivity index (χ0v) is 5.59. The molecule has 0 aliphatic heterocycles. The summed E-state index contributed by atoms with van der Waals surface area (Å²) >= 11 is 0. The molecular formula is C5H13NO2. The van der Waals surface area contributed by atoms with Crippen LogP contribution in [0.25, 0.3) is 0 Å². The number of hydroxylamine groups is 2. The van der Waals surface area contributed by atoms with Gasteiger partial charge in [-0.05, 0) is 13.3 Å². The van der Waals surface area contributed by atoms with Crippen LogP contribution < -0.4 is 0 Å². The lowest BCUT2D eigenvalue weighted by molar-refractivity contribution is -0.346. The lowest BCUT2D eigenvalue weighted by Gasteiger charge is -2.16. The molecule has 0 spiro atoms. The molecule has 3 nitrogen and oxygen atoms in total. The highest BCUT2D eigenvalue weighted by atomic mass is 16.9. The average molecular weight is 119 g/mol. The molecule has 0 aliphatic carbocycles. The summed E-state index contributed by atoms with van der Waals surface area (Å²) < 4.78 is 0. The molecule has 0 bridgehead atoms. The van der Waals surface area contributed by atoms with Gasteiger partial charge in [-0.15, -0.1) is 0 Å².